The largest absolute Gasteiger partial charge is 0.481 e. The molecule has 0 unspecified atom stereocenters. The lowest BCUT2D eigenvalue weighted by molar-refractivity contribution is 0.393. The van der Waals surface area contributed by atoms with E-state index in [2.05, 4.69) is 26.1 Å². The lowest BCUT2D eigenvalue weighted by Crippen LogP contribution is -2.32. The maximum Gasteiger partial charge on any atom is 0.264 e. The molecule has 4 rings (SSSR count). The van der Waals surface area contributed by atoms with E-state index in [1.165, 1.54) is 19.2 Å². The maximum absolute atomic E-state index is 12.7. The zero-order valence-corrected chi connectivity index (χ0v) is 21.1. The van der Waals surface area contributed by atoms with Crippen LogP contribution in [0.25, 0.3) is 0 Å². The lowest BCUT2D eigenvalue weighted by atomic mass is 9.92. The van der Waals surface area contributed by atoms with E-state index in [0.717, 1.165) is 49.0 Å². The quantitative estimate of drug-likeness (QED) is 0.386. The average molecular weight is 516 g/mol. The van der Waals surface area contributed by atoms with Crippen molar-refractivity contribution in [3.05, 3.63) is 70.9 Å². The molecule has 186 valence electrons. The molecular weight excluding hydrogens is 486 g/mol. The summed E-state index contributed by atoms with van der Waals surface area (Å²) in [6, 6.07) is 14.5. The molecule has 0 spiro atoms. The molecule has 3 aromatic rings. The van der Waals surface area contributed by atoms with Crippen molar-refractivity contribution in [2.45, 2.75) is 55.5 Å². The Balaban J connectivity index is 1.37. The summed E-state index contributed by atoms with van der Waals surface area (Å²) in [7, 11) is -2.36. The van der Waals surface area contributed by atoms with Crippen molar-refractivity contribution in [2.75, 3.05) is 17.1 Å². The minimum Gasteiger partial charge on any atom is -0.481 e. The Hall–Kier alpha value is -2.88. The van der Waals surface area contributed by atoms with Crippen molar-refractivity contribution >= 4 is 33.3 Å². The van der Waals surface area contributed by atoms with Crippen molar-refractivity contribution in [1.29, 1.82) is 0 Å². The highest BCUT2D eigenvalue weighted by Gasteiger charge is 2.20. The second kappa shape index (κ2) is 11.2. The predicted octanol–water partition coefficient (Wildman–Crippen LogP) is 4.41. The summed E-state index contributed by atoms with van der Waals surface area (Å²) in [6.45, 7) is 0. The number of nitrogens with zero attached hydrogens (tertiary/aromatic N) is 2. The van der Waals surface area contributed by atoms with E-state index in [-0.39, 0.29) is 15.7 Å². The molecular formula is C25H30ClN5O3S. The maximum atomic E-state index is 12.7. The van der Waals surface area contributed by atoms with E-state index in [1.807, 2.05) is 18.3 Å². The van der Waals surface area contributed by atoms with Crippen LogP contribution in [0.3, 0.4) is 0 Å². The third-order valence-electron chi connectivity index (χ3n) is 6.13. The minimum atomic E-state index is -3.88. The number of hydrogen-bond acceptors (Lipinski definition) is 7. The standard InChI is InChI=1S/C25H30ClN5O3S/c1-34-25-18(9-15-24(30-25)31-35(32,33)22-5-3-2-4-21(22)26)8-6-17-7-14-23(28-16-17)29-20-12-10-19(27)11-13-20/h2-5,7,9,14-16,19-20H,6,8,10-13,27H2,1H3,(H,28,29)(H,30,31)/t19-,20-. The zero-order chi connectivity index (χ0) is 24.8. The normalized spacial score (nSPS) is 18.1. The number of pyridine rings is 2. The molecule has 8 nitrogen and oxygen atoms in total. The van der Waals surface area contributed by atoms with Crippen LogP contribution in [-0.2, 0) is 22.9 Å². The van der Waals surface area contributed by atoms with Crippen LogP contribution in [0.5, 0.6) is 5.88 Å². The number of aryl methyl sites for hydroxylation is 2. The van der Waals surface area contributed by atoms with Crippen LogP contribution in [0.4, 0.5) is 11.6 Å². The van der Waals surface area contributed by atoms with Crippen LogP contribution in [0.2, 0.25) is 5.02 Å². The minimum absolute atomic E-state index is 0.0102. The third-order valence-corrected chi connectivity index (χ3v) is 7.98. The summed E-state index contributed by atoms with van der Waals surface area (Å²) in [4.78, 5) is 8.89. The van der Waals surface area contributed by atoms with Crippen molar-refractivity contribution in [2.24, 2.45) is 5.73 Å². The van der Waals surface area contributed by atoms with Gasteiger partial charge in [-0.3, -0.25) is 4.72 Å². The van der Waals surface area contributed by atoms with E-state index >= 15 is 0 Å². The molecule has 0 bridgehead atoms. The number of halogens is 1. The van der Waals surface area contributed by atoms with Gasteiger partial charge in [-0.25, -0.2) is 13.4 Å². The first-order valence-electron chi connectivity index (χ1n) is 11.6. The van der Waals surface area contributed by atoms with Gasteiger partial charge in [0.15, 0.2) is 0 Å². The van der Waals surface area contributed by atoms with Gasteiger partial charge in [-0.05, 0) is 74.4 Å². The summed E-state index contributed by atoms with van der Waals surface area (Å²) < 4.78 is 33.3. The van der Waals surface area contributed by atoms with E-state index < -0.39 is 10.0 Å². The van der Waals surface area contributed by atoms with Crippen molar-refractivity contribution in [3.8, 4) is 5.88 Å². The van der Waals surface area contributed by atoms with Crippen molar-refractivity contribution in [1.82, 2.24) is 9.97 Å². The second-order valence-corrected chi connectivity index (χ2v) is 10.8. The van der Waals surface area contributed by atoms with Gasteiger partial charge < -0.3 is 15.8 Å². The Morgan fingerprint density at radius 3 is 2.46 bits per heavy atom. The summed E-state index contributed by atoms with van der Waals surface area (Å²) in [5.41, 5.74) is 7.94. The van der Waals surface area contributed by atoms with Crippen LogP contribution >= 0.6 is 11.6 Å². The molecule has 35 heavy (non-hydrogen) atoms. The first-order valence-corrected chi connectivity index (χ1v) is 13.5. The van der Waals surface area contributed by atoms with Crippen LogP contribution in [0.1, 0.15) is 36.8 Å². The smallest absolute Gasteiger partial charge is 0.264 e. The SMILES string of the molecule is COc1nc(NS(=O)(=O)c2ccccc2Cl)ccc1CCc1ccc(N[C@H]2CC[C@H](N)CC2)nc1. The fourth-order valence-corrected chi connectivity index (χ4v) is 5.68. The van der Waals surface area contributed by atoms with Crippen LogP contribution in [0, 0.1) is 0 Å². The summed E-state index contributed by atoms with van der Waals surface area (Å²) in [6.07, 6.45) is 7.53. The van der Waals surface area contributed by atoms with Gasteiger partial charge in [0.05, 0.1) is 12.1 Å². The molecule has 2 aromatic heterocycles. The fourth-order valence-electron chi connectivity index (χ4n) is 4.16. The van der Waals surface area contributed by atoms with Gasteiger partial charge in [-0.2, -0.15) is 4.98 Å². The van der Waals surface area contributed by atoms with Crippen LogP contribution in [-0.4, -0.2) is 37.6 Å². The van der Waals surface area contributed by atoms with Gasteiger partial charge in [-0.15, -0.1) is 0 Å². The molecule has 0 saturated heterocycles. The molecule has 1 fully saturated rings. The van der Waals surface area contributed by atoms with Crippen LogP contribution in [0.15, 0.2) is 59.6 Å². The molecule has 1 saturated carbocycles. The first kappa shape index (κ1) is 25.2. The number of sulfonamides is 1. The third kappa shape index (κ3) is 6.62. The fraction of sp³-hybridized carbons (Fsp3) is 0.360. The van der Waals surface area contributed by atoms with Gasteiger partial charge in [0, 0.05) is 23.8 Å². The van der Waals surface area contributed by atoms with Gasteiger partial charge >= 0.3 is 0 Å². The number of anilines is 2. The molecule has 0 atom stereocenters. The molecule has 1 aliphatic rings. The highest BCUT2D eigenvalue weighted by molar-refractivity contribution is 7.92. The van der Waals surface area contributed by atoms with Gasteiger partial charge in [0.2, 0.25) is 5.88 Å². The highest BCUT2D eigenvalue weighted by atomic mass is 35.5. The number of benzene rings is 1. The lowest BCUT2D eigenvalue weighted by Gasteiger charge is -2.27. The van der Waals surface area contributed by atoms with E-state index in [1.54, 1.807) is 18.2 Å². The number of methoxy groups -OCH3 is 1. The molecule has 1 aromatic carbocycles. The van der Waals surface area contributed by atoms with Crippen molar-refractivity contribution < 1.29 is 13.2 Å². The molecule has 1 aliphatic carbocycles. The first-order chi connectivity index (χ1) is 16.8. The van der Waals surface area contributed by atoms with Crippen LogP contribution < -0.4 is 20.5 Å². The summed E-state index contributed by atoms with van der Waals surface area (Å²) in [5.74, 6) is 1.40. The number of ether oxygens (including phenoxy) is 1. The van der Waals surface area contributed by atoms with Gasteiger partial charge in [0.25, 0.3) is 10.0 Å². The molecule has 0 aliphatic heterocycles. The van der Waals surface area contributed by atoms with Gasteiger partial charge in [0.1, 0.15) is 16.5 Å². The number of nitrogens with one attached hydrogen (secondary N) is 2. The Morgan fingerprint density at radius 1 is 1.03 bits per heavy atom. The van der Waals surface area contributed by atoms with E-state index in [9.17, 15) is 8.42 Å². The Bertz CT molecular complexity index is 1250. The Labute approximate surface area is 211 Å². The number of nitrogens with two attached hydrogens (primary N) is 1. The number of hydrogen-bond donors (Lipinski definition) is 3. The monoisotopic (exact) mass is 515 g/mol. The molecule has 10 heteroatoms. The van der Waals surface area contributed by atoms with Gasteiger partial charge in [-0.1, -0.05) is 29.8 Å². The average Bonchev–Trinajstić information content (AvgIpc) is 2.85. The molecule has 4 N–H and O–H groups in total. The van der Waals surface area contributed by atoms with E-state index in [4.69, 9.17) is 22.1 Å². The highest BCUT2D eigenvalue weighted by Crippen LogP contribution is 2.26. The van der Waals surface area contributed by atoms with Crippen molar-refractivity contribution in [3.63, 3.8) is 0 Å². The molecule has 0 amide bonds. The summed E-state index contributed by atoms with van der Waals surface area (Å²) in [5, 5.41) is 3.64. The predicted molar refractivity (Wildman–Crippen MR) is 139 cm³/mol. The Morgan fingerprint density at radius 2 is 1.77 bits per heavy atom. The molecule has 2 heterocycles. The molecule has 0 radical (unpaired) electrons. The number of aromatic nitrogens is 2. The zero-order valence-electron chi connectivity index (χ0n) is 19.6. The van der Waals surface area contributed by atoms with E-state index in [0.29, 0.717) is 24.4 Å². The topological polar surface area (TPSA) is 119 Å². The second-order valence-electron chi connectivity index (χ2n) is 8.71. The number of rotatable bonds is 9. The summed E-state index contributed by atoms with van der Waals surface area (Å²) >= 11 is 6.04. The Kier molecular flexibility index (Phi) is 8.10.